The van der Waals surface area contributed by atoms with Crippen molar-refractivity contribution in [2.45, 2.75) is 38.6 Å². The van der Waals surface area contributed by atoms with Crippen molar-refractivity contribution in [3.63, 3.8) is 0 Å². The van der Waals surface area contributed by atoms with E-state index in [1.165, 1.54) is 0 Å². The molecule has 1 unspecified atom stereocenters. The normalized spacial score (nSPS) is 12.3. The summed E-state index contributed by atoms with van der Waals surface area (Å²) in [6, 6.07) is 9.26. The summed E-state index contributed by atoms with van der Waals surface area (Å²) in [5.41, 5.74) is 1.06. The van der Waals surface area contributed by atoms with Crippen molar-refractivity contribution in [3.05, 3.63) is 35.9 Å². The number of nitrogens with one attached hydrogen (secondary N) is 1. The number of unbranched alkanes of at least 4 members (excludes halogenated alkanes) is 2. The van der Waals surface area contributed by atoms with E-state index in [4.69, 9.17) is 5.11 Å². The van der Waals surface area contributed by atoms with Crippen molar-refractivity contribution in [2.75, 3.05) is 6.54 Å². The molecule has 1 aromatic carbocycles. The number of hydrogen-bond donors (Lipinski definition) is 2. The molecule has 94 valence electrons. The largest absolute Gasteiger partial charge is 0.480 e. The van der Waals surface area contributed by atoms with E-state index < -0.39 is 12.0 Å². The van der Waals surface area contributed by atoms with Crippen LogP contribution in [0.2, 0.25) is 0 Å². The Bertz CT molecular complexity index is 324. The van der Waals surface area contributed by atoms with Crippen LogP contribution in [0.25, 0.3) is 0 Å². The second-order valence-corrected chi connectivity index (χ2v) is 4.24. The van der Waals surface area contributed by atoms with Gasteiger partial charge in [-0.2, -0.15) is 0 Å². The van der Waals surface area contributed by atoms with Gasteiger partial charge in [0.05, 0.1) is 0 Å². The number of benzene rings is 1. The van der Waals surface area contributed by atoms with Crippen LogP contribution < -0.4 is 5.32 Å². The second-order valence-electron chi connectivity index (χ2n) is 4.24. The summed E-state index contributed by atoms with van der Waals surface area (Å²) in [5.74, 6) is -0.773. The van der Waals surface area contributed by atoms with Crippen molar-refractivity contribution >= 4 is 5.97 Å². The summed E-state index contributed by atoms with van der Waals surface area (Å²) in [7, 11) is 0. The Morgan fingerprint density at radius 1 is 1.29 bits per heavy atom. The van der Waals surface area contributed by atoms with E-state index in [9.17, 15) is 4.79 Å². The van der Waals surface area contributed by atoms with Crippen LogP contribution in [0.3, 0.4) is 0 Å². The van der Waals surface area contributed by atoms with Gasteiger partial charge in [-0.1, -0.05) is 50.1 Å². The maximum absolute atomic E-state index is 11.1. The van der Waals surface area contributed by atoms with Crippen molar-refractivity contribution in [3.8, 4) is 0 Å². The van der Waals surface area contributed by atoms with Gasteiger partial charge >= 0.3 is 5.97 Å². The lowest BCUT2D eigenvalue weighted by molar-refractivity contribution is -0.139. The minimum absolute atomic E-state index is 0.478. The van der Waals surface area contributed by atoms with Gasteiger partial charge in [0.25, 0.3) is 0 Å². The molecule has 0 aromatic heterocycles. The molecule has 0 heterocycles. The summed E-state index contributed by atoms with van der Waals surface area (Å²) < 4.78 is 0. The fraction of sp³-hybridized carbons (Fsp3) is 0.500. The molecule has 17 heavy (non-hydrogen) atoms. The van der Waals surface area contributed by atoms with Crippen LogP contribution in [0.5, 0.6) is 0 Å². The van der Waals surface area contributed by atoms with E-state index in [1.807, 2.05) is 30.3 Å². The lowest BCUT2D eigenvalue weighted by Crippen LogP contribution is -2.39. The third kappa shape index (κ3) is 5.50. The zero-order valence-corrected chi connectivity index (χ0v) is 10.4. The molecule has 1 atom stereocenters. The zero-order valence-electron chi connectivity index (χ0n) is 10.4. The highest BCUT2D eigenvalue weighted by Crippen LogP contribution is 2.04. The summed E-state index contributed by atoms with van der Waals surface area (Å²) >= 11 is 0. The standard InChI is InChI=1S/C14H21NO2/c1-2-3-7-10-15-13(14(16)17)11-12-8-5-4-6-9-12/h4-6,8-9,13,15H,2-3,7,10-11H2,1H3,(H,16,17). The van der Waals surface area contributed by atoms with Crippen LogP contribution in [0.15, 0.2) is 30.3 Å². The second kappa shape index (κ2) is 7.85. The minimum atomic E-state index is -0.773. The molecule has 1 rings (SSSR count). The van der Waals surface area contributed by atoms with E-state index in [0.29, 0.717) is 6.42 Å². The highest BCUT2D eigenvalue weighted by atomic mass is 16.4. The number of carbonyl (C=O) groups is 1. The number of aliphatic carboxylic acids is 1. The van der Waals surface area contributed by atoms with Crippen LogP contribution in [-0.4, -0.2) is 23.7 Å². The average Bonchev–Trinajstić information content (AvgIpc) is 2.34. The molecule has 0 aliphatic rings. The van der Waals surface area contributed by atoms with E-state index in [0.717, 1.165) is 31.4 Å². The third-order valence-electron chi connectivity index (χ3n) is 2.75. The highest BCUT2D eigenvalue weighted by Gasteiger charge is 2.16. The topological polar surface area (TPSA) is 49.3 Å². The van der Waals surface area contributed by atoms with Crippen LogP contribution in [0.1, 0.15) is 31.7 Å². The Hall–Kier alpha value is -1.35. The quantitative estimate of drug-likeness (QED) is 0.680. The Kier molecular flexibility index (Phi) is 6.33. The van der Waals surface area contributed by atoms with Crippen LogP contribution in [-0.2, 0) is 11.2 Å². The first kappa shape index (κ1) is 13.7. The zero-order chi connectivity index (χ0) is 12.5. The molecule has 0 aliphatic heterocycles. The van der Waals surface area contributed by atoms with Crippen molar-refractivity contribution in [2.24, 2.45) is 0 Å². The van der Waals surface area contributed by atoms with Gasteiger partial charge in [0.2, 0.25) is 0 Å². The molecular formula is C14H21NO2. The molecule has 0 amide bonds. The van der Waals surface area contributed by atoms with Crippen LogP contribution in [0.4, 0.5) is 0 Å². The molecule has 0 fully saturated rings. The highest BCUT2D eigenvalue weighted by molar-refractivity contribution is 5.73. The molecule has 0 saturated heterocycles. The maximum Gasteiger partial charge on any atom is 0.321 e. The van der Waals surface area contributed by atoms with Gasteiger partial charge in [-0.15, -0.1) is 0 Å². The predicted molar refractivity (Wildman–Crippen MR) is 69.1 cm³/mol. The van der Waals surface area contributed by atoms with Gasteiger partial charge in [-0.3, -0.25) is 4.79 Å². The monoisotopic (exact) mass is 235 g/mol. The van der Waals surface area contributed by atoms with Crippen molar-refractivity contribution in [1.82, 2.24) is 5.32 Å². The van der Waals surface area contributed by atoms with Crippen molar-refractivity contribution in [1.29, 1.82) is 0 Å². The lowest BCUT2D eigenvalue weighted by Gasteiger charge is -2.14. The van der Waals surface area contributed by atoms with E-state index in [-0.39, 0.29) is 0 Å². The van der Waals surface area contributed by atoms with Gasteiger partial charge < -0.3 is 10.4 Å². The molecular weight excluding hydrogens is 214 g/mol. The summed E-state index contributed by atoms with van der Waals surface area (Å²) in [6.45, 7) is 2.91. The molecule has 0 spiro atoms. The number of carboxylic acids is 1. The first-order chi connectivity index (χ1) is 8.24. The first-order valence-corrected chi connectivity index (χ1v) is 6.24. The molecule has 0 radical (unpaired) electrons. The third-order valence-corrected chi connectivity index (χ3v) is 2.75. The summed E-state index contributed by atoms with van der Waals surface area (Å²) in [5, 5.41) is 12.2. The molecule has 3 heteroatoms. The minimum Gasteiger partial charge on any atom is -0.480 e. The summed E-state index contributed by atoms with van der Waals surface area (Å²) in [4.78, 5) is 11.1. The molecule has 2 N–H and O–H groups in total. The number of hydrogen-bond acceptors (Lipinski definition) is 2. The smallest absolute Gasteiger partial charge is 0.321 e. The van der Waals surface area contributed by atoms with E-state index in [1.54, 1.807) is 0 Å². The van der Waals surface area contributed by atoms with Gasteiger partial charge in [-0.25, -0.2) is 0 Å². The van der Waals surface area contributed by atoms with Gasteiger partial charge in [0.15, 0.2) is 0 Å². The molecule has 0 saturated carbocycles. The van der Waals surface area contributed by atoms with Gasteiger partial charge in [-0.05, 0) is 24.9 Å². The average molecular weight is 235 g/mol. The molecule has 0 bridgehead atoms. The van der Waals surface area contributed by atoms with Crippen LogP contribution in [0, 0.1) is 0 Å². The Labute approximate surface area is 103 Å². The number of rotatable bonds is 8. The Morgan fingerprint density at radius 3 is 2.59 bits per heavy atom. The summed E-state index contributed by atoms with van der Waals surface area (Å²) in [6.07, 6.45) is 3.88. The van der Waals surface area contributed by atoms with E-state index >= 15 is 0 Å². The lowest BCUT2D eigenvalue weighted by atomic mass is 10.1. The van der Waals surface area contributed by atoms with Gasteiger partial charge in [0, 0.05) is 0 Å². The Morgan fingerprint density at radius 2 is 2.00 bits per heavy atom. The molecule has 1 aromatic rings. The maximum atomic E-state index is 11.1. The Balaban J connectivity index is 2.41. The van der Waals surface area contributed by atoms with Crippen molar-refractivity contribution < 1.29 is 9.90 Å². The predicted octanol–water partition coefficient (Wildman–Crippen LogP) is 2.46. The fourth-order valence-corrected chi connectivity index (χ4v) is 1.75. The SMILES string of the molecule is CCCCCNC(Cc1ccccc1)C(=O)O. The molecule has 0 aliphatic carbocycles. The van der Waals surface area contributed by atoms with E-state index in [2.05, 4.69) is 12.2 Å². The number of carboxylic acid groups (broad SMARTS) is 1. The first-order valence-electron chi connectivity index (χ1n) is 6.24. The fourth-order valence-electron chi connectivity index (χ4n) is 1.75. The van der Waals surface area contributed by atoms with Gasteiger partial charge in [0.1, 0.15) is 6.04 Å². The van der Waals surface area contributed by atoms with Crippen LogP contribution >= 0.6 is 0 Å². The molecule has 3 nitrogen and oxygen atoms in total.